The predicted octanol–water partition coefficient (Wildman–Crippen LogP) is 0.793. The number of ether oxygens (including phenoxy) is 1. The van der Waals surface area contributed by atoms with Gasteiger partial charge in [-0.2, -0.15) is 0 Å². The van der Waals surface area contributed by atoms with Crippen LogP contribution in [0.5, 0.6) is 0 Å². The molecular formula is C14H18N4O6. The van der Waals surface area contributed by atoms with Gasteiger partial charge in [-0.25, -0.2) is 4.79 Å². The van der Waals surface area contributed by atoms with Gasteiger partial charge in [0.05, 0.1) is 18.1 Å². The van der Waals surface area contributed by atoms with Crippen molar-refractivity contribution < 1.29 is 24.0 Å². The second-order valence-electron chi connectivity index (χ2n) is 4.61. The number of nitrogens with one attached hydrogen (secondary N) is 1. The molecule has 0 bridgehead atoms. The fourth-order valence-corrected chi connectivity index (χ4v) is 1.95. The maximum atomic E-state index is 11.8. The monoisotopic (exact) mass is 338 g/mol. The Hall–Kier alpha value is -3.17. The van der Waals surface area contributed by atoms with Crippen molar-refractivity contribution in [2.45, 2.75) is 13.8 Å². The van der Waals surface area contributed by atoms with Crippen molar-refractivity contribution in [2.24, 2.45) is 5.73 Å². The molecule has 3 amide bonds. The molecule has 0 heterocycles. The Morgan fingerprint density at radius 1 is 1.33 bits per heavy atom. The van der Waals surface area contributed by atoms with Crippen LogP contribution in [0.25, 0.3) is 0 Å². The summed E-state index contributed by atoms with van der Waals surface area (Å²) in [5.41, 5.74) is 4.87. The van der Waals surface area contributed by atoms with Gasteiger partial charge >= 0.3 is 6.09 Å². The average molecular weight is 338 g/mol. The fraction of sp³-hybridized carbons (Fsp3) is 0.357. The van der Waals surface area contributed by atoms with Crippen LogP contribution in [0.15, 0.2) is 18.2 Å². The molecule has 0 radical (unpaired) electrons. The van der Waals surface area contributed by atoms with Crippen molar-refractivity contribution in [3.05, 3.63) is 33.9 Å². The van der Waals surface area contributed by atoms with Crippen molar-refractivity contribution in [1.82, 2.24) is 5.32 Å². The minimum atomic E-state index is -0.892. The topological polar surface area (TPSA) is 145 Å². The number of alkyl carbamates (subject to hydrolysis) is 1. The summed E-state index contributed by atoms with van der Waals surface area (Å²) in [5, 5.41) is 13.2. The van der Waals surface area contributed by atoms with E-state index in [2.05, 4.69) is 4.74 Å². The zero-order chi connectivity index (χ0) is 18.3. The number of nitro groups is 1. The zero-order valence-electron chi connectivity index (χ0n) is 13.3. The summed E-state index contributed by atoms with van der Waals surface area (Å²) in [5.74, 6) is -1.48. The van der Waals surface area contributed by atoms with E-state index in [4.69, 9.17) is 5.73 Å². The molecule has 0 spiro atoms. The highest BCUT2D eigenvalue weighted by Gasteiger charge is 2.22. The van der Waals surface area contributed by atoms with Crippen LogP contribution in [-0.2, 0) is 9.53 Å². The standard InChI is InChI=1S/C14H18N4O6/c1-3-17(8-12(19)16-14(21)24-4-2)10-6-5-9(13(15)20)7-11(10)18(22)23/h5-7H,3-4,8H2,1-2H3,(H2,15,20)(H,16,19,21). The van der Waals surface area contributed by atoms with Crippen LogP contribution in [0.1, 0.15) is 24.2 Å². The highest BCUT2D eigenvalue weighted by atomic mass is 16.6. The van der Waals surface area contributed by atoms with E-state index in [9.17, 15) is 24.5 Å². The smallest absolute Gasteiger partial charge is 0.413 e. The Labute approximate surface area is 137 Å². The number of likely N-dealkylation sites (N-methyl/N-ethyl adjacent to an activating group) is 1. The lowest BCUT2D eigenvalue weighted by atomic mass is 10.1. The number of rotatable bonds is 7. The number of carbonyl (C=O) groups is 3. The molecule has 10 heteroatoms. The zero-order valence-corrected chi connectivity index (χ0v) is 13.3. The summed E-state index contributed by atoms with van der Waals surface area (Å²) in [4.78, 5) is 46.1. The normalized spacial score (nSPS) is 9.92. The highest BCUT2D eigenvalue weighted by Crippen LogP contribution is 2.29. The van der Waals surface area contributed by atoms with Gasteiger partial charge in [-0.1, -0.05) is 0 Å². The Balaban J connectivity index is 3.03. The number of amides is 3. The molecule has 0 aliphatic rings. The number of nitro benzene ring substituents is 1. The van der Waals surface area contributed by atoms with E-state index in [1.165, 1.54) is 17.0 Å². The van der Waals surface area contributed by atoms with Gasteiger partial charge in [0.1, 0.15) is 5.69 Å². The minimum absolute atomic E-state index is 0.0162. The van der Waals surface area contributed by atoms with Gasteiger partial charge < -0.3 is 15.4 Å². The molecule has 130 valence electrons. The van der Waals surface area contributed by atoms with Crippen LogP contribution in [0, 0.1) is 10.1 Å². The van der Waals surface area contributed by atoms with Crippen molar-refractivity contribution in [2.75, 3.05) is 24.6 Å². The Kier molecular flexibility index (Phi) is 6.65. The van der Waals surface area contributed by atoms with Crippen LogP contribution in [-0.4, -0.2) is 42.5 Å². The summed E-state index contributed by atoms with van der Waals surface area (Å²) < 4.78 is 4.59. The first-order valence-electron chi connectivity index (χ1n) is 7.09. The quantitative estimate of drug-likeness (QED) is 0.552. The molecule has 0 aliphatic carbocycles. The third kappa shape index (κ3) is 4.93. The molecular weight excluding hydrogens is 320 g/mol. The number of carbonyl (C=O) groups excluding carboxylic acids is 3. The lowest BCUT2D eigenvalue weighted by Gasteiger charge is -2.22. The van der Waals surface area contributed by atoms with E-state index in [1.54, 1.807) is 13.8 Å². The number of hydrogen-bond donors (Lipinski definition) is 2. The second-order valence-corrected chi connectivity index (χ2v) is 4.61. The summed E-state index contributed by atoms with van der Waals surface area (Å²) in [6.45, 7) is 3.34. The molecule has 0 saturated carbocycles. The van der Waals surface area contributed by atoms with Crippen LogP contribution in [0.2, 0.25) is 0 Å². The van der Waals surface area contributed by atoms with Crippen molar-refractivity contribution >= 4 is 29.3 Å². The Morgan fingerprint density at radius 3 is 2.50 bits per heavy atom. The third-order valence-electron chi connectivity index (χ3n) is 3.03. The minimum Gasteiger partial charge on any atom is -0.450 e. The van der Waals surface area contributed by atoms with E-state index in [-0.39, 0.29) is 36.6 Å². The summed E-state index contributed by atoms with van der Waals surface area (Å²) in [6, 6.07) is 3.71. The number of benzene rings is 1. The molecule has 0 aromatic heterocycles. The molecule has 1 aromatic rings. The summed E-state index contributed by atoms with van der Waals surface area (Å²) >= 11 is 0. The highest BCUT2D eigenvalue weighted by molar-refractivity contribution is 5.96. The van der Waals surface area contributed by atoms with Crippen LogP contribution in [0.3, 0.4) is 0 Å². The van der Waals surface area contributed by atoms with Crippen molar-refractivity contribution in [3.63, 3.8) is 0 Å². The van der Waals surface area contributed by atoms with E-state index in [0.717, 1.165) is 6.07 Å². The molecule has 0 atom stereocenters. The van der Waals surface area contributed by atoms with Gasteiger partial charge in [0.15, 0.2) is 0 Å². The van der Waals surface area contributed by atoms with Gasteiger partial charge in [0, 0.05) is 18.2 Å². The average Bonchev–Trinajstić information content (AvgIpc) is 2.52. The molecule has 24 heavy (non-hydrogen) atoms. The Morgan fingerprint density at radius 2 is 2.00 bits per heavy atom. The van der Waals surface area contributed by atoms with Crippen molar-refractivity contribution in [3.8, 4) is 0 Å². The molecule has 3 N–H and O–H groups in total. The van der Waals surface area contributed by atoms with Gasteiger partial charge in [0.2, 0.25) is 11.8 Å². The number of primary amides is 1. The van der Waals surface area contributed by atoms with Crippen LogP contribution >= 0.6 is 0 Å². The molecule has 1 aromatic carbocycles. The summed E-state index contributed by atoms with van der Waals surface area (Å²) in [6.07, 6.45) is -0.892. The van der Waals surface area contributed by atoms with Crippen LogP contribution in [0.4, 0.5) is 16.2 Å². The largest absolute Gasteiger partial charge is 0.450 e. The lowest BCUT2D eigenvalue weighted by molar-refractivity contribution is -0.384. The number of imide groups is 1. The first-order chi connectivity index (χ1) is 11.3. The van der Waals surface area contributed by atoms with E-state index >= 15 is 0 Å². The maximum absolute atomic E-state index is 11.8. The molecule has 0 aliphatic heterocycles. The lowest BCUT2D eigenvalue weighted by Crippen LogP contribution is -2.40. The van der Waals surface area contributed by atoms with Crippen LogP contribution < -0.4 is 16.0 Å². The number of nitrogens with zero attached hydrogens (tertiary/aromatic N) is 2. The first-order valence-corrected chi connectivity index (χ1v) is 7.09. The molecule has 0 unspecified atom stereocenters. The molecule has 0 saturated heterocycles. The second kappa shape index (κ2) is 8.46. The fourth-order valence-electron chi connectivity index (χ4n) is 1.95. The molecule has 1 rings (SSSR count). The van der Waals surface area contributed by atoms with E-state index in [0.29, 0.717) is 0 Å². The number of anilines is 1. The van der Waals surface area contributed by atoms with Gasteiger partial charge in [-0.3, -0.25) is 25.0 Å². The maximum Gasteiger partial charge on any atom is 0.413 e. The Bertz CT molecular complexity index is 661. The van der Waals surface area contributed by atoms with E-state index < -0.39 is 22.8 Å². The predicted molar refractivity (Wildman–Crippen MR) is 84.7 cm³/mol. The molecule has 0 fully saturated rings. The van der Waals surface area contributed by atoms with Gasteiger partial charge in [0.25, 0.3) is 5.69 Å². The first kappa shape index (κ1) is 18.9. The molecule has 10 nitrogen and oxygen atoms in total. The number of nitrogens with two attached hydrogens (primary N) is 1. The van der Waals surface area contributed by atoms with E-state index in [1.807, 2.05) is 5.32 Å². The number of hydrogen-bond acceptors (Lipinski definition) is 7. The van der Waals surface area contributed by atoms with Gasteiger partial charge in [-0.05, 0) is 26.0 Å². The third-order valence-corrected chi connectivity index (χ3v) is 3.03. The van der Waals surface area contributed by atoms with Crippen molar-refractivity contribution in [1.29, 1.82) is 0 Å². The summed E-state index contributed by atoms with van der Waals surface area (Å²) in [7, 11) is 0. The SMILES string of the molecule is CCOC(=O)NC(=O)CN(CC)c1ccc(C(N)=O)cc1[N+](=O)[O-]. The van der Waals surface area contributed by atoms with Gasteiger partial charge in [-0.15, -0.1) is 0 Å².